The van der Waals surface area contributed by atoms with Crippen molar-refractivity contribution < 1.29 is 0 Å². The van der Waals surface area contributed by atoms with Crippen molar-refractivity contribution in [2.75, 3.05) is 6.54 Å². The summed E-state index contributed by atoms with van der Waals surface area (Å²) in [5.41, 5.74) is 5.84. The van der Waals surface area contributed by atoms with Gasteiger partial charge in [0.15, 0.2) is 5.82 Å². The van der Waals surface area contributed by atoms with Crippen molar-refractivity contribution in [1.29, 1.82) is 0 Å². The zero-order valence-electron chi connectivity index (χ0n) is 13.8. The number of hydrogen-bond acceptors (Lipinski definition) is 4. The third-order valence-electron chi connectivity index (χ3n) is 4.45. The summed E-state index contributed by atoms with van der Waals surface area (Å²) >= 11 is 0. The van der Waals surface area contributed by atoms with Crippen LogP contribution in [-0.4, -0.2) is 26.4 Å². The highest BCUT2D eigenvalue weighted by Gasteiger charge is 2.19. The van der Waals surface area contributed by atoms with Gasteiger partial charge < -0.3 is 0 Å². The van der Waals surface area contributed by atoms with Crippen molar-refractivity contribution in [2.24, 2.45) is 0 Å². The van der Waals surface area contributed by atoms with Crippen molar-refractivity contribution in [3.8, 4) is 11.4 Å². The Labute approximate surface area is 142 Å². The quantitative estimate of drug-likeness (QED) is 0.742. The third kappa shape index (κ3) is 3.19. The standard InChI is InChI=1S/C20H20N4/c1-15-5-7-16(8-6-15)20-22-12-17-9-11-24(14-19(17)23-20)13-18-4-2-3-10-21-18/h2-8,10,12H,9,11,13-14H2,1H3. The van der Waals surface area contributed by atoms with E-state index in [0.29, 0.717) is 0 Å². The number of aryl methyl sites for hydroxylation is 1. The number of nitrogens with zero attached hydrogens (tertiary/aromatic N) is 4. The second-order valence-corrected chi connectivity index (χ2v) is 6.31. The number of pyridine rings is 1. The Hall–Kier alpha value is -2.59. The first kappa shape index (κ1) is 15.0. The van der Waals surface area contributed by atoms with Gasteiger partial charge in [-0.05, 0) is 31.0 Å². The van der Waals surface area contributed by atoms with E-state index in [2.05, 4.69) is 52.1 Å². The van der Waals surface area contributed by atoms with Gasteiger partial charge in [-0.25, -0.2) is 9.97 Å². The van der Waals surface area contributed by atoms with Crippen LogP contribution in [0.1, 0.15) is 22.5 Å². The molecule has 120 valence electrons. The molecule has 24 heavy (non-hydrogen) atoms. The fourth-order valence-corrected chi connectivity index (χ4v) is 3.05. The van der Waals surface area contributed by atoms with Gasteiger partial charge in [0.2, 0.25) is 0 Å². The second-order valence-electron chi connectivity index (χ2n) is 6.31. The summed E-state index contributed by atoms with van der Waals surface area (Å²) < 4.78 is 0. The molecule has 0 N–H and O–H groups in total. The summed E-state index contributed by atoms with van der Waals surface area (Å²) in [6, 6.07) is 14.5. The largest absolute Gasteiger partial charge is 0.291 e. The first-order chi connectivity index (χ1) is 11.8. The minimum absolute atomic E-state index is 0.813. The maximum absolute atomic E-state index is 4.83. The molecule has 0 spiro atoms. The number of rotatable bonds is 3. The van der Waals surface area contributed by atoms with Crippen LogP contribution in [0, 0.1) is 6.92 Å². The Kier molecular flexibility index (Phi) is 4.05. The van der Waals surface area contributed by atoms with Crippen molar-refractivity contribution >= 4 is 0 Å². The topological polar surface area (TPSA) is 41.9 Å². The van der Waals surface area contributed by atoms with E-state index in [9.17, 15) is 0 Å². The molecular formula is C20H20N4. The molecule has 0 bridgehead atoms. The van der Waals surface area contributed by atoms with Gasteiger partial charge >= 0.3 is 0 Å². The highest BCUT2D eigenvalue weighted by molar-refractivity contribution is 5.55. The first-order valence-corrected chi connectivity index (χ1v) is 8.32. The van der Waals surface area contributed by atoms with Crippen LogP contribution in [-0.2, 0) is 19.5 Å². The molecule has 0 atom stereocenters. The van der Waals surface area contributed by atoms with E-state index in [1.807, 2.05) is 24.5 Å². The zero-order valence-corrected chi connectivity index (χ0v) is 13.8. The highest BCUT2D eigenvalue weighted by Crippen LogP contribution is 2.22. The Bertz CT molecular complexity index is 828. The molecule has 0 unspecified atom stereocenters. The van der Waals surface area contributed by atoms with E-state index in [0.717, 1.165) is 48.8 Å². The summed E-state index contributed by atoms with van der Waals surface area (Å²) in [7, 11) is 0. The monoisotopic (exact) mass is 316 g/mol. The van der Waals surface area contributed by atoms with Gasteiger partial charge in [-0.1, -0.05) is 35.9 Å². The number of benzene rings is 1. The zero-order chi connectivity index (χ0) is 16.4. The Morgan fingerprint density at radius 3 is 2.71 bits per heavy atom. The van der Waals surface area contributed by atoms with Crippen molar-refractivity contribution in [3.05, 3.63) is 77.4 Å². The van der Waals surface area contributed by atoms with E-state index < -0.39 is 0 Å². The molecule has 4 rings (SSSR count). The van der Waals surface area contributed by atoms with Crippen LogP contribution < -0.4 is 0 Å². The van der Waals surface area contributed by atoms with Crippen molar-refractivity contribution in [1.82, 2.24) is 19.9 Å². The summed E-state index contributed by atoms with van der Waals surface area (Å²) in [5, 5.41) is 0. The van der Waals surface area contributed by atoms with Crippen molar-refractivity contribution in [2.45, 2.75) is 26.4 Å². The van der Waals surface area contributed by atoms with Crippen LogP contribution in [0.4, 0.5) is 0 Å². The summed E-state index contributed by atoms with van der Waals surface area (Å²) in [4.78, 5) is 16.2. The Morgan fingerprint density at radius 1 is 1.04 bits per heavy atom. The molecular weight excluding hydrogens is 296 g/mol. The van der Waals surface area contributed by atoms with Crippen LogP contribution in [0.2, 0.25) is 0 Å². The van der Waals surface area contributed by atoms with Gasteiger partial charge in [-0.15, -0.1) is 0 Å². The molecule has 0 amide bonds. The molecule has 2 aromatic heterocycles. The van der Waals surface area contributed by atoms with E-state index in [1.165, 1.54) is 11.1 Å². The number of fused-ring (bicyclic) bond motifs is 1. The lowest BCUT2D eigenvalue weighted by molar-refractivity contribution is 0.238. The van der Waals surface area contributed by atoms with E-state index in [-0.39, 0.29) is 0 Å². The maximum Gasteiger partial charge on any atom is 0.159 e. The molecule has 3 heterocycles. The normalized spacial score (nSPS) is 14.4. The fraction of sp³-hybridized carbons (Fsp3) is 0.250. The molecule has 0 saturated heterocycles. The SMILES string of the molecule is Cc1ccc(-c2ncc3c(n2)CN(Cc2ccccn2)CC3)cc1. The third-order valence-corrected chi connectivity index (χ3v) is 4.45. The predicted octanol–water partition coefficient (Wildman–Crippen LogP) is 3.41. The van der Waals surface area contributed by atoms with E-state index in [4.69, 9.17) is 4.98 Å². The predicted molar refractivity (Wildman–Crippen MR) is 94.3 cm³/mol. The van der Waals surface area contributed by atoms with Crippen LogP contribution in [0.3, 0.4) is 0 Å². The van der Waals surface area contributed by atoms with Crippen LogP contribution in [0.15, 0.2) is 54.9 Å². The van der Waals surface area contributed by atoms with E-state index >= 15 is 0 Å². The van der Waals surface area contributed by atoms with Gasteiger partial charge in [0, 0.05) is 37.6 Å². The fourth-order valence-electron chi connectivity index (χ4n) is 3.05. The van der Waals surface area contributed by atoms with Gasteiger partial charge in [0.05, 0.1) is 11.4 Å². The highest BCUT2D eigenvalue weighted by atomic mass is 15.1. The number of aromatic nitrogens is 3. The van der Waals surface area contributed by atoms with Gasteiger partial charge in [-0.2, -0.15) is 0 Å². The summed E-state index contributed by atoms with van der Waals surface area (Å²) in [5.74, 6) is 0.813. The average Bonchev–Trinajstić information content (AvgIpc) is 2.63. The van der Waals surface area contributed by atoms with Crippen LogP contribution in [0.25, 0.3) is 11.4 Å². The second kappa shape index (κ2) is 6.49. The summed E-state index contributed by atoms with van der Waals surface area (Å²) in [6.45, 7) is 4.83. The molecule has 0 radical (unpaired) electrons. The molecule has 0 saturated carbocycles. The Morgan fingerprint density at radius 2 is 1.92 bits per heavy atom. The number of hydrogen-bond donors (Lipinski definition) is 0. The smallest absolute Gasteiger partial charge is 0.159 e. The molecule has 4 heteroatoms. The maximum atomic E-state index is 4.83. The molecule has 1 aliphatic heterocycles. The van der Waals surface area contributed by atoms with Crippen LogP contribution in [0.5, 0.6) is 0 Å². The van der Waals surface area contributed by atoms with Crippen LogP contribution >= 0.6 is 0 Å². The molecule has 0 fully saturated rings. The molecule has 0 aliphatic carbocycles. The minimum atomic E-state index is 0.813. The lowest BCUT2D eigenvalue weighted by Crippen LogP contribution is -2.31. The van der Waals surface area contributed by atoms with Crippen molar-refractivity contribution in [3.63, 3.8) is 0 Å². The lowest BCUT2D eigenvalue weighted by Gasteiger charge is -2.27. The first-order valence-electron chi connectivity index (χ1n) is 8.32. The minimum Gasteiger partial charge on any atom is -0.291 e. The average molecular weight is 316 g/mol. The van der Waals surface area contributed by atoms with Gasteiger partial charge in [0.1, 0.15) is 0 Å². The van der Waals surface area contributed by atoms with E-state index in [1.54, 1.807) is 0 Å². The Balaban J connectivity index is 1.56. The lowest BCUT2D eigenvalue weighted by atomic mass is 10.1. The molecule has 1 aromatic carbocycles. The summed E-state index contributed by atoms with van der Waals surface area (Å²) in [6.07, 6.45) is 4.84. The van der Waals surface area contributed by atoms with Gasteiger partial charge in [0.25, 0.3) is 0 Å². The molecule has 4 nitrogen and oxygen atoms in total. The molecule has 3 aromatic rings. The van der Waals surface area contributed by atoms with Gasteiger partial charge in [-0.3, -0.25) is 9.88 Å². The molecule has 1 aliphatic rings.